The number of amides is 1. The van der Waals surface area contributed by atoms with Gasteiger partial charge in [0.05, 0.1) is 6.61 Å². The SMILES string of the molecule is CCOC(=O)N(N1CCCC(C)(C)C1(C)C)N1CCCC(C)(C)C1(C)C. The van der Waals surface area contributed by atoms with E-state index in [0.29, 0.717) is 6.61 Å². The van der Waals surface area contributed by atoms with Crippen molar-refractivity contribution in [2.75, 3.05) is 19.7 Å². The summed E-state index contributed by atoms with van der Waals surface area (Å²) < 4.78 is 5.54. The minimum Gasteiger partial charge on any atom is -0.448 e. The Morgan fingerprint density at radius 2 is 1.23 bits per heavy atom. The molecular formula is C21H41N3O2. The number of hydrogen-bond donors (Lipinski definition) is 0. The molecule has 0 N–H and O–H groups in total. The maximum atomic E-state index is 13.2. The van der Waals surface area contributed by atoms with Gasteiger partial charge >= 0.3 is 6.09 Å². The highest BCUT2D eigenvalue weighted by Gasteiger charge is 2.54. The fourth-order valence-electron chi connectivity index (χ4n) is 4.38. The van der Waals surface area contributed by atoms with Gasteiger partial charge in [-0.3, -0.25) is 0 Å². The third kappa shape index (κ3) is 3.37. The van der Waals surface area contributed by atoms with Crippen LogP contribution in [0.15, 0.2) is 0 Å². The number of hydrogen-bond acceptors (Lipinski definition) is 4. The van der Waals surface area contributed by atoms with E-state index in [1.807, 2.05) is 12.0 Å². The van der Waals surface area contributed by atoms with E-state index >= 15 is 0 Å². The van der Waals surface area contributed by atoms with Crippen molar-refractivity contribution >= 4 is 6.09 Å². The first-order chi connectivity index (χ1) is 11.8. The minimum absolute atomic E-state index is 0.117. The fraction of sp³-hybridized carbons (Fsp3) is 0.952. The van der Waals surface area contributed by atoms with Crippen molar-refractivity contribution in [1.82, 2.24) is 15.1 Å². The molecule has 0 atom stereocenters. The highest BCUT2D eigenvalue weighted by molar-refractivity contribution is 5.66. The summed E-state index contributed by atoms with van der Waals surface area (Å²) in [5, 5.41) is 6.42. The van der Waals surface area contributed by atoms with Crippen LogP contribution in [-0.2, 0) is 4.74 Å². The highest BCUT2D eigenvalue weighted by atomic mass is 16.6. The number of rotatable bonds is 3. The summed E-state index contributed by atoms with van der Waals surface area (Å²) in [5.41, 5.74) is -0.0533. The van der Waals surface area contributed by atoms with Gasteiger partial charge in [-0.15, -0.1) is 0 Å². The van der Waals surface area contributed by atoms with E-state index in [1.54, 1.807) is 0 Å². The van der Waals surface area contributed by atoms with Crippen LogP contribution in [0.5, 0.6) is 0 Å². The zero-order valence-corrected chi connectivity index (χ0v) is 18.6. The van der Waals surface area contributed by atoms with Gasteiger partial charge in [-0.05, 0) is 71.1 Å². The smallest absolute Gasteiger partial charge is 0.439 e. The summed E-state index contributed by atoms with van der Waals surface area (Å²) in [6, 6.07) is 0. The molecule has 0 spiro atoms. The molecule has 26 heavy (non-hydrogen) atoms. The molecule has 0 radical (unpaired) electrons. The molecule has 5 heteroatoms. The molecule has 2 fully saturated rings. The average Bonchev–Trinajstić information content (AvgIpc) is 2.49. The Bertz CT molecular complexity index is 487. The van der Waals surface area contributed by atoms with E-state index in [0.717, 1.165) is 25.9 Å². The second kappa shape index (κ2) is 6.97. The Labute approximate surface area is 161 Å². The quantitative estimate of drug-likeness (QED) is 0.697. The van der Waals surface area contributed by atoms with Crippen molar-refractivity contribution < 1.29 is 9.53 Å². The lowest BCUT2D eigenvalue weighted by atomic mass is 9.68. The molecule has 0 bridgehead atoms. The van der Waals surface area contributed by atoms with Crippen molar-refractivity contribution in [1.29, 1.82) is 0 Å². The monoisotopic (exact) mass is 367 g/mol. The fourth-order valence-corrected chi connectivity index (χ4v) is 4.38. The van der Waals surface area contributed by atoms with Gasteiger partial charge in [0.15, 0.2) is 0 Å². The van der Waals surface area contributed by atoms with E-state index in [9.17, 15) is 4.79 Å². The Kier molecular flexibility index (Phi) is 5.76. The second-order valence-corrected chi connectivity index (χ2v) is 10.3. The van der Waals surface area contributed by atoms with Crippen LogP contribution >= 0.6 is 0 Å². The maximum absolute atomic E-state index is 13.2. The van der Waals surface area contributed by atoms with E-state index in [2.05, 4.69) is 65.4 Å². The number of ether oxygens (including phenoxy) is 1. The summed E-state index contributed by atoms with van der Waals surface area (Å²) in [4.78, 5) is 13.2. The summed E-state index contributed by atoms with van der Waals surface area (Å²) in [6.45, 7) is 22.3. The lowest BCUT2D eigenvalue weighted by Gasteiger charge is -2.62. The van der Waals surface area contributed by atoms with Crippen molar-refractivity contribution in [2.24, 2.45) is 10.8 Å². The van der Waals surface area contributed by atoms with Gasteiger partial charge in [-0.2, -0.15) is 15.1 Å². The highest BCUT2D eigenvalue weighted by Crippen LogP contribution is 2.48. The molecule has 0 saturated carbocycles. The Balaban J connectivity index is 2.49. The van der Waals surface area contributed by atoms with Crippen LogP contribution in [0.25, 0.3) is 0 Å². The van der Waals surface area contributed by atoms with Crippen LogP contribution in [0.1, 0.15) is 88.0 Å². The first-order valence-electron chi connectivity index (χ1n) is 10.3. The topological polar surface area (TPSA) is 36.0 Å². The lowest BCUT2D eigenvalue weighted by Crippen LogP contribution is -2.73. The number of piperidine rings is 2. The molecule has 2 saturated heterocycles. The first-order valence-corrected chi connectivity index (χ1v) is 10.3. The minimum atomic E-state index is -0.246. The Morgan fingerprint density at radius 1 is 0.846 bits per heavy atom. The van der Waals surface area contributed by atoms with Gasteiger partial charge < -0.3 is 4.74 Å². The number of carbonyl (C=O) groups is 1. The van der Waals surface area contributed by atoms with Crippen LogP contribution in [0, 0.1) is 10.8 Å². The molecule has 0 aliphatic carbocycles. The van der Waals surface area contributed by atoms with E-state index < -0.39 is 0 Å². The van der Waals surface area contributed by atoms with Crippen LogP contribution in [0.2, 0.25) is 0 Å². The molecule has 0 unspecified atom stereocenters. The molecule has 5 nitrogen and oxygen atoms in total. The summed E-state index contributed by atoms with van der Waals surface area (Å²) in [6.07, 6.45) is 4.27. The lowest BCUT2D eigenvalue weighted by molar-refractivity contribution is -0.279. The van der Waals surface area contributed by atoms with Gasteiger partial charge in [-0.25, -0.2) is 4.79 Å². The summed E-state index contributed by atoms with van der Waals surface area (Å²) in [5.74, 6) is 0. The number of nitrogens with zero attached hydrogens (tertiary/aromatic N) is 3. The largest absolute Gasteiger partial charge is 0.448 e. The van der Waals surface area contributed by atoms with Crippen LogP contribution < -0.4 is 0 Å². The summed E-state index contributed by atoms with van der Waals surface area (Å²) >= 11 is 0. The average molecular weight is 368 g/mol. The van der Waals surface area contributed by atoms with E-state index in [1.165, 1.54) is 12.8 Å². The van der Waals surface area contributed by atoms with Crippen LogP contribution in [0.4, 0.5) is 4.79 Å². The predicted molar refractivity (Wildman–Crippen MR) is 106 cm³/mol. The third-order valence-electron chi connectivity index (χ3n) is 7.83. The van der Waals surface area contributed by atoms with Crippen molar-refractivity contribution in [2.45, 2.75) is 99.1 Å². The third-order valence-corrected chi connectivity index (χ3v) is 7.83. The molecular weight excluding hydrogens is 326 g/mol. The Hall–Kier alpha value is -0.810. The van der Waals surface area contributed by atoms with Gasteiger partial charge in [0.25, 0.3) is 0 Å². The van der Waals surface area contributed by atoms with Crippen LogP contribution in [0.3, 0.4) is 0 Å². The molecule has 0 aromatic rings. The van der Waals surface area contributed by atoms with Crippen molar-refractivity contribution in [3.63, 3.8) is 0 Å². The van der Waals surface area contributed by atoms with Gasteiger partial charge in [0.1, 0.15) is 0 Å². The van der Waals surface area contributed by atoms with E-state index in [4.69, 9.17) is 4.74 Å². The predicted octanol–water partition coefficient (Wildman–Crippen LogP) is 5.08. The Morgan fingerprint density at radius 3 is 1.58 bits per heavy atom. The zero-order chi connectivity index (χ0) is 20.0. The molecule has 2 heterocycles. The van der Waals surface area contributed by atoms with Gasteiger partial charge in [-0.1, -0.05) is 27.7 Å². The van der Waals surface area contributed by atoms with Crippen molar-refractivity contribution in [3.8, 4) is 0 Å². The van der Waals surface area contributed by atoms with Crippen molar-refractivity contribution in [3.05, 3.63) is 0 Å². The van der Waals surface area contributed by atoms with E-state index in [-0.39, 0.29) is 28.0 Å². The number of carbonyl (C=O) groups excluding carboxylic acids is 1. The van der Waals surface area contributed by atoms with Crippen LogP contribution in [-0.4, -0.2) is 52.0 Å². The first kappa shape index (κ1) is 21.5. The molecule has 2 rings (SSSR count). The molecule has 152 valence electrons. The maximum Gasteiger partial charge on any atom is 0.439 e. The molecule has 2 aliphatic rings. The standard InChI is InChI=1S/C21H41N3O2/c1-10-26-17(25)24(22-15-11-13-18(2,3)20(22,6)7)23-16-12-14-19(4,5)21(23,8)9/h10-16H2,1-9H3. The van der Waals surface area contributed by atoms with Gasteiger partial charge in [0.2, 0.25) is 0 Å². The molecule has 0 aromatic carbocycles. The normalized spacial score (nSPS) is 27.7. The molecule has 1 amide bonds. The van der Waals surface area contributed by atoms with Gasteiger partial charge in [0, 0.05) is 24.2 Å². The number of hydrazine groups is 2. The second-order valence-electron chi connectivity index (χ2n) is 10.3. The zero-order valence-electron chi connectivity index (χ0n) is 18.6. The summed E-state index contributed by atoms with van der Waals surface area (Å²) in [7, 11) is 0. The molecule has 0 aromatic heterocycles. The molecule has 2 aliphatic heterocycles.